The molecule has 0 aromatic heterocycles. The van der Waals surface area contributed by atoms with E-state index in [1.54, 1.807) is 0 Å². The van der Waals surface area contributed by atoms with Crippen LogP contribution in [0.2, 0.25) is 0 Å². The van der Waals surface area contributed by atoms with Gasteiger partial charge in [-0.15, -0.1) is 0 Å². The molecule has 0 fully saturated rings. The lowest BCUT2D eigenvalue weighted by atomic mass is 10.0. The summed E-state index contributed by atoms with van der Waals surface area (Å²) < 4.78 is 42.1. The molecule has 24 heavy (non-hydrogen) atoms. The molecule has 1 rings (SSSR count). The summed E-state index contributed by atoms with van der Waals surface area (Å²) >= 11 is 0. The lowest BCUT2D eigenvalue weighted by Crippen LogP contribution is -2.37. The number of benzene rings is 1. The average molecular weight is 349 g/mol. The minimum Gasteiger partial charge on any atom is -0.386 e. The lowest BCUT2D eigenvalue weighted by Gasteiger charge is -2.17. The molecule has 0 aliphatic rings. The molecule has 0 radical (unpaired) electrons. The first-order valence-corrected chi connectivity index (χ1v) is 7.79. The highest BCUT2D eigenvalue weighted by molar-refractivity contribution is 5.13. The SMILES string of the molecule is O=[N+]([O-])C(CCCCCOCc1ccccc1)C(O)CC(F)(F)F. The molecular weight excluding hydrogens is 327 g/mol. The largest absolute Gasteiger partial charge is 0.391 e. The zero-order chi connectivity index (χ0) is 18.0. The van der Waals surface area contributed by atoms with Crippen molar-refractivity contribution >= 4 is 0 Å². The topological polar surface area (TPSA) is 72.6 Å². The van der Waals surface area contributed by atoms with Gasteiger partial charge in [0.05, 0.1) is 13.0 Å². The molecule has 0 amide bonds. The molecule has 2 unspecified atom stereocenters. The fourth-order valence-electron chi connectivity index (χ4n) is 2.31. The minimum absolute atomic E-state index is 0.0804. The number of aliphatic hydroxyl groups excluding tert-OH is 1. The summed E-state index contributed by atoms with van der Waals surface area (Å²) in [5, 5.41) is 20.2. The summed E-state index contributed by atoms with van der Waals surface area (Å²) in [6, 6.07) is 8.00. The zero-order valence-corrected chi connectivity index (χ0v) is 13.2. The highest BCUT2D eigenvalue weighted by atomic mass is 19.4. The molecule has 5 nitrogen and oxygen atoms in total. The third-order valence-corrected chi connectivity index (χ3v) is 3.56. The lowest BCUT2D eigenvalue weighted by molar-refractivity contribution is -0.537. The molecule has 1 N–H and O–H groups in total. The molecule has 1 aromatic rings. The van der Waals surface area contributed by atoms with E-state index in [0.29, 0.717) is 32.5 Å². The molecule has 0 aliphatic heterocycles. The average Bonchev–Trinajstić information content (AvgIpc) is 2.48. The van der Waals surface area contributed by atoms with E-state index in [2.05, 4.69) is 0 Å². The standard InChI is InChI=1S/C16H22F3NO4/c17-16(18,19)11-15(21)14(20(22)23)9-5-2-6-10-24-12-13-7-3-1-4-8-13/h1,3-4,7-8,14-15,21H,2,5-6,9-12H2. The van der Waals surface area contributed by atoms with Crippen molar-refractivity contribution in [2.24, 2.45) is 0 Å². The normalized spacial score (nSPS) is 14.3. The van der Waals surface area contributed by atoms with Gasteiger partial charge in [-0.2, -0.15) is 13.2 Å². The van der Waals surface area contributed by atoms with Crippen LogP contribution in [0, 0.1) is 10.1 Å². The Morgan fingerprint density at radius 1 is 1.17 bits per heavy atom. The van der Waals surface area contributed by atoms with Crippen LogP contribution >= 0.6 is 0 Å². The third kappa shape index (κ3) is 8.83. The van der Waals surface area contributed by atoms with E-state index in [1.807, 2.05) is 30.3 Å². The van der Waals surface area contributed by atoms with Crippen LogP contribution in [0.1, 0.15) is 37.7 Å². The van der Waals surface area contributed by atoms with Crippen LogP contribution in [0.25, 0.3) is 0 Å². The van der Waals surface area contributed by atoms with Gasteiger partial charge in [0.1, 0.15) is 6.10 Å². The van der Waals surface area contributed by atoms with Crippen LogP contribution < -0.4 is 0 Å². The summed E-state index contributed by atoms with van der Waals surface area (Å²) in [7, 11) is 0. The molecule has 0 aliphatic carbocycles. The van der Waals surface area contributed by atoms with Gasteiger partial charge in [0.15, 0.2) is 0 Å². The first-order valence-electron chi connectivity index (χ1n) is 7.79. The van der Waals surface area contributed by atoms with Crippen LogP contribution in [-0.2, 0) is 11.3 Å². The van der Waals surface area contributed by atoms with Gasteiger partial charge < -0.3 is 9.84 Å². The highest BCUT2D eigenvalue weighted by Gasteiger charge is 2.39. The minimum atomic E-state index is -4.61. The molecule has 2 atom stereocenters. The molecule has 0 saturated carbocycles. The van der Waals surface area contributed by atoms with Crippen molar-refractivity contribution in [3.05, 3.63) is 46.0 Å². The summed E-state index contributed by atoms with van der Waals surface area (Å²) in [6.45, 7) is 0.950. The monoisotopic (exact) mass is 349 g/mol. The Balaban J connectivity index is 2.18. The first-order chi connectivity index (χ1) is 11.3. The van der Waals surface area contributed by atoms with Gasteiger partial charge in [0.2, 0.25) is 6.04 Å². The number of hydrogen-bond acceptors (Lipinski definition) is 4. The number of aliphatic hydroxyl groups is 1. The van der Waals surface area contributed by atoms with Crippen molar-refractivity contribution in [1.82, 2.24) is 0 Å². The maximum Gasteiger partial charge on any atom is 0.391 e. The maximum atomic E-state index is 12.2. The molecule has 136 valence electrons. The van der Waals surface area contributed by atoms with Crippen molar-refractivity contribution in [3.63, 3.8) is 0 Å². The first kappa shape index (κ1) is 20.4. The van der Waals surface area contributed by atoms with Crippen LogP contribution in [0.15, 0.2) is 30.3 Å². The molecular formula is C16H22F3NO4. The van der Waals surface area contributed by atoms with Gasteiger partial charge in [0, 0.05) is 18.0 Å². The van der Waals surface area contributed by atoms with Gasteiger partial charge in [-0.1, -0.05) is 36.8 Å². The Kier molecular flexibility index (Phi) is 8.70. The number of halogens is 3. The second kappa shape index (κ2) is 10.2. The summed E-state index contributed by atoms with van der Waals surface area (Å²) in [5.41, 5.74) is 1.04. The van der Waals surface area contributed by atoms with Crippen molar-refractivity contribution in [1.29, 1.82) is 0 Å². The van der Waals surface area contributed by atoms with Gasteiger partial charge in [-0.05, 0) is 18.4 Å². The predicted octanol–water partition coefficient (Wildman–Crippen LogP) is 3.72. The maximum absolute atomic E-state index is 12.2. The van der Waals surface area contributed by atoms with Crippen molar-refractivity contribution in [2.75, 3.05) is 6.61 Å². The van der Waals surface area contributed by atoms with Crippen molar-refractivity contribution in [2.45, 2.75) is 57.0 Å². The van der Waals surface area contributed by atoms with E-state index >= 15 is 0 Å². The van der Waals surface area contributed by atoms with Crippen LogP contribution in [0.4, 0.5) is 13.2 Å². The van der Waals surface area contributed by atoms with Crippen molar-refractivity contribution in [3.8, 4) is 0 Å². The number of nitrogens with zero attached hydrogens (tertiary/aromatic N) is 1. The van der Waals surface area contributed by atoms with Gasteiger partial charge in [-0.25, -0.2) is 0 Å². The summed E-state index contributed by atoms with van der Waals surface area (Å²) in [6.07, 6.45) is -6.63. The Labute approximate surface area is 138 Å². The van der Waals surface area contributed by atoms with E-state index in [9.17, 15) is 28.4 Å². The molecule has 8 heteroatoms. The van der Waals surface area contributed by atoms with E-state index in [4.69, 9.17) is 4.74 Å². The molecule has 0 spiro atoms. The number of ether oxygens (including phenoxy) is 1. The quantitative estimate of drug-likeness (QED) is 0.375. The van der Waals surface area contributed by atoms with E-state index in [0.717, 1.165) is 5.56 Å². The fourth-order valence-corrected chi connectivity index (χ4v) is 2.31. The van der Waals surface area contributed by atoms with E-state index in [1.165, 1.54) is 0 Å². The van der Waals surface area contributed by atoms with Crippen LogP contribution in [-0.4, -0.2) is 35.0 Å². The Hall–Kier alpha value is -1.67. The molecule has 0 saturated heterocycles. The number of nitro groups is 1. The smallest absolute Gasteiger partial charge is 0.386 e. The number of unbranched alkanes of at least 4 members (excludes halogenated alkanes) is 2. The molecule has 0 bridgehead atoms. The predicted molar refractivity (Wildman–Crippen MR) is 82.0 cm³/mol. The number of hydrogen-bond donors (Lipinski definition) is 1. The second-order valence-electron chi connectivity index (χ2n) is 5.63. The van der Waals surface area contributed by atoms with E-state index in [-0.39, 0.29) is 6.42 Å². The van der Waals surface area contributed by atoms with Gasteiger partial charge >= 0.3 is 6.18 Å². The van der Waals surface area contributed by atoms with Crippen molar-refractivity contribution < 1.29 is 27.9 Å². The van der Waals surface area contributed by atoms with Gasteiger partial charge in [-0.3, -0.25) is 10.1 Å². The third-order valence-electron chi connectivity index (χ3n) is 3.56. The van der Waals surface area contributed by atoms with E-state index < -0.39 is 29.7 Å². The Bertz CT molecular complexity index is 482. The van der Waals surface area contributed by atoms with Crippen LogP contribution in [0.5, 0.6) is 0 Å². The number of rotatable bonds is 11. The van der Waals surface area contributed by atoms with Gasteiger partial charge in [0.25, 0.3) is 0 Å². The summed E-state index contributed by atoms with van der Waals surface area (Å²) in [5.74, 6) is 0. The Morgan fingerprint density at radius 2 is 1.83 bits per heavy atom. The Morgan fingerprint density at radius 3 is 2.42 bits per heavy atom. The van der Waals surface area contributed by atoms with Crippen LogP contribution in [0.3, 0.4) is 0 Å². The summed E-state index contributed by atoms with van der Waals surface area (Å²) in [4.78, 5) is 9.97. The zero-order valence-electron chi connectivity index (χ0n) is 13.2. The fraction of sp³-hybridized carbons (Fsp3) is 0.625. The number of alkyl halides is 3. The molecule has 0 heterocycles. The second-order valence-corrected chi connectivity index (χ2v) is 5.63. The highest BCUT2D eigenvalue weighted by Crippen LogP contribution is 2.25. The molecule has 1 aromatic carbocycles.